The summed E-state index contributed by atoms with van der Waals surface area (Å²) in [7, 11) is 0. The Kier molecular flexibility index (Phi) is 7.67. The molecule has 1 heterocycles. The van der Waals surface area contributed by atoms with E-state index in [1.165, 1.54) is 10.9 Å². The van der Waals surface area contributed by atoms with Crippen LogP contribution in [0, 0.1) is 0 Å². The smallest absolute Gasteiger partial charge is 0.304 e. The van der Waals surface area contributed by atoms with E-state index in [-0.39, 0.29) is 12.3 Å². The van der Waals surface area contributed by atoms with Crippen LogP contribution in [0.5, 0.6) is 0 Å². The molecule has 0 aliphatic rings. The number of aliphatic hydroxyl groups is 1. The van der Waals surface area contributed by atoms with Crippen molar-refractivity contribution in [1.29, 1.82) is 0 Å². The van der Waals surface area contributed by atoms with Gasteiger partial charge in [-0.2, -0.15) is 0 Å². The van der Waals surface area contributed by atoms with E-state index in [2.05, 4.69) is 36.2 Å². The second-order valence-corrected chi connectivity index (χ2v) is 5.39. The van der Waals surface area contributed by atoms with Crippen LogP contribution in [0.1, 0.15) is 57.2 Å². The molecule has 1 aromatic carbocycles. The molecule has 1 aromatic heterocycles. The van der Waals surface area contributed by atoms with Gasteiger partial charge in [0.1, 0.15) is 0 Å². The Balaban J connectivity index is 0.000000541. The van der Waals surface area contributed by atoms with Crippen molar-refractivity contribution in [1.82, 2.24) is 4.98 Å². The molecule has 22 heavy (non-hydrogen) atoms. The molecule has 0 spiro atoms. The SMILES string of the molecule is CCCO.CCc1cccc2cc(C(CC)CC(=O)O)[nH]c12. The van der Waals surface area contributed by atoms with Crippen molar-refractivity contribution >= 4 is 16.9 Å². The summed E-state index contributed by atoms with van der Waals surface area (Å²) in [6.45, 7) is 6.41. The number of H-pyrrole nitrogens is 1. The fourth-order valence-corrected chi connectivity index (χ4v) is 2.44. The number of hydrogen-bond acceptors (Lipinski definition) is 2. The summed E-state index contributed by atoms with van der Waals surface area (Å²) >= 11 is 0. The standard InChI is InChI=1S/C15H19NO2.C3H8O/c1-3-10-6-5-7-12-8-13(16-15(10)12)11(4-2)9-14(17)18;1-2-3-4/h5-8,11,16H,3-4,9H2,1-2H3,(H,17,18);4H,2-3H2,1H3. The molecule has 0 radical (unpaired) electrons. The Bertz CT molecular complexity index is 587. The van der Waals surface area contributed by atoms with Crippen LogP contribution in [-0.2, 0) is 11.2 Å². The second-order valence-electron chi connectivity index (χ2n) is 5.39. The summed E-state index contributed by atoms with van der Waals surface area (Å²) in [4.78, 5) is 14.3. The van der Waals surface area contributed by atoms with Crippen molar-refractivity contribution in [2.75, 3.05) is 6.61 Å². The molecule has 122 valence electrons. The van der Waals surface area contributed by atoms with E-state index in [4.69, 9.17) is 10.2 Å². The molecule has 1 atom stereocenters. The number of aliphatic hydroxyl groups excluding tert-OH is 1. The highest BCUT2D eigenvalue weighted by Crippen LogP contribution is 2.28. The molecule has 0 aliphatic heterocycles. The largest absolute Gasteiger partial charge is 0.481 e. The molecule has 0 saturated heterocycles. The Morgan fingerprint density at radius 3 is 2.45 bits per heavy atom. The van der Waals surface area contributed by atoms with Gasteiger partial charge in [0, 0.05) is 23.7 Å². The Morgan fingerprint density at radius 1 is 1.27 bits per heavy atom. The van der Waals surface area contributed by atoms with Gasteiger partial charge in [-0.15, -0.1) is 0 Å². The molecule has 1 unspecified atom stereocenters. The highest BCUT2D eigenvalue weighted by atomic mass is 16.4. The predicted octanol–water partition coefficient (Wildman–Crippen LogP) is 4.09. The summed E-state index contributed by atoms with van der Waals surface area (Å²) in [5, 5.41) is 18.0. The third-order valence-electron chi connectivity index (χ3n) is 3.72. The number of aryl methyl sites for hydroxylation is 1. The summed E-state index contributed by atoms with van der Waals surface area (Å²) in [6, 6.07) is 8.32. The molecule has 0 aliphatic carbocycles. The second kappa shape index (κ2) is 9.26. The molecule has 4 nitrogen and oxygen atoms in total. The van der Waals surface area contributed by atoms with E-state index in [1.807, 2.05) is 13.8 Å². The van der Waals surface area contributed by atoms with Crippen molar-refractivity contribution in [3.05, 3.63) is 35.5 Å². The van der Waals surface area contributed by atoms with Gasteiger partial charge in [-0.25, -0.2) is 0 Å². The number of hydrogen-bond donors (Lipinski definition) is 3. The lowest BCUT2D eigenvalue weighted by Crippen LogP contribution is -2.05. The van der Waals surface area contributed by atoms with Crippen LogP contribution >= 0.6 is 0 Å². The Labute approximate surface area is 132 Å². The molecule has 4 heteroatoms. The first-order valence-electron chi connectivity index (χ1n) is 8.00. The van der Waals surface area contributed by atoms with E-state index < -0.39 is 5.97 Å². The maximum absolute atomic E-state index is 10.9. The molecular formula is C18H27NO3. The van der Waals surface area contributed by atoms with Crippen LogP contribution in [0.3, 0.4) is 0 Å². The lowest BCUT2D eigenvalue weighted by Gasteiger charge is -2.09. The zero-order valence-corrected chi connectivity index (χ0v) is 13.7. The first kappa shape index (κ1) is 18.2. The molecule has 3 N–H and O–H groups in total. The highest BCUT2D eigenvalue weighted by Gasteiger charge is 2.16. The highest BCUT2D eigenvalue weighted by molar-refractivity contribution is 5.84. The van der Waals surface area contributed by atoms with Crippen LogP contribution in [0.15, 0.2) is 24.3 Å². The van der Waals surface area contributed by atoms with E-state index in [1.54, 1.807) is 0 Å². The number of nitrogens with one attached hydrogen (secondary N) is 1. The van der Waals surface area contributed by atoms with Crippen molar-refractivity contribution in [2.45, 2.75) is 52.4 Å². The Morgan fingerprint density at radius 2 is 1.95 bits per heavy atom. The van der Waals surface area contributed by atoms with Crippen molar-refractivity contribution in [3.8, 4) is 0 Å². The number of aliphatic carboxylic acids is 1. The van der Waals surface area contributed by atoms with Gasteiger partial charge in [-0.1, -0.05) is 39.0 Å². The summed E-state index contributed by atoms with van der Waals surface area (Å²) < 4.78 is 0. The van der Waals surface area contributed by atoms with E-state index >= 15 is 0 Å². The van der Waals surface area contributed by atoms with Gasteiger partial charge in [0.05, 0.1) is 6.42 Å². The third-order valence-corrected chi connectivity index (χ3v) is 3.72. The normalized spacial score (nSPS) is 11.8. The van der Waals surface area contributed by atoms with Crippen molar-refractivity contribution < 1.29 is 15.0 Å². The number of carboxylic acids is 1. The van der Waals surface area contributed by atoms with Crippen LogP contribution < -0.4 is 0 Å². The maximum Gasteiger partial charge on any atom is 0.304 e. The summed E-state index contributed by atoms with van der Waals surface area (Å²) in [6.07, 6.45) is 2.87. The minimum Gasteiger partial charge on any atom is -0.481 e. The minimum absolute atomic E-state index is 0.0691. The van der Waals surface area contributed by atoms with E-state index in [0.717, 1.165) is 30.5 Å². The fraction of sp³-hybridized carbons (Fsp3) is 0.500. The van der Waals surface area contributed by atoms with Crippen molar-refractivity contribution in [3.63, 3.8) is 0 Å². The number of aromatic amines is 1. The molecule has 2 aromatic rings. The quantitative estimate of drug-likeness (QED) is 0.752. The number of rotatable bonds is 6. The van der Waals surface area contributed by atoms with Gasteiger partial charge >= 0.3 is 5.97 Å². The van der Waals surface area contributed by atoms with Gasteiger partial charge in [0.25, 0.3) is 0 Å². The monoisotopic (exact) mass is 305 g/mol. The van der Waals surface area contributed by atoms with Crippen LogP contribution in [-0.4, -0.2) is 27.8 Å². The molecule has 2 rings (SSSR count). The first-order chi connectivity index (χ1) is 10.6. The average Bonchev–Trinajstić information content (AvgIpc) is 2.96. The number of fused-ring (bicyclic) bond motifs is 1. The number of benzene rings is 1. The van der Waals surface area contributed by atoms with Gasteiger partial charge in [0.2, 0.25) is 0 Å². The molecule has 0 fully saturated rings. The fourth-order valence-electron chi connectivity index (χ4n) is 2.44. The molecule has 0 bridgehead atoms. The van der Waals surface area contributed by atoms with E-state index in [0.29, 0.717) is 6.61 Å². The molecular weight excluding hydrogens is 278 g/mol. The van der Waals surface area contributed by atoms with E-state index in [9.17, 15) is 4.79 Å². The molecule has 0 saturated carbocycles. The minimum atomic E-state index is -0.740. The van der Waals surface area contributed by atoms with Crippen LogP contribution in [0.2, 0.25) is 0 Å². The van der Waals surface area contributed by atoms with Crippen LogP contribution in [0.4, 0.5) is 0 Å². The summed E-state index contributed by atoms with van der Waals surface area (Å²) in [5.41, 5.74) is 3.47. The lowest BCUT2D eigenvalue weighted by atomic mass is 9.98. The zero-order valence-electron chi connectivity index (χ0n) is 13.7. The number of carbonyl (C=O) groups is 1. The number of para-hydroxylation sites is 1. The maximum atomic E-state index is 10.9. The zero-order chi connectivity index (χ0) is 16.5. The van der Waals surface area contributed by atoms with Gasteiger partial charge < -0.3 is 15.2 Å². The first-order valence-corrected chi connectivity index (χ1v) is 8.00. The van der Waals surface area contributed by atoms with Gasteiger partial charge in [0.15, 0.2) is 0 Å². The molecule has 0 amide bonds. The number of carboxylic acid groups (broad SMARTS) is 1. The van der Waals surface area contributed by atoms with Gasteiger partial charge in [-0.3, -0.25) is 4.79 Å². The topological polar surface area (TPSA) is 73.3 Å². The van der Waals surface area contributed by atoms with Gasteiger partial charge in [-0.05, 0) is 36.3 Å². The Hall–Kier alpha value is -1.81. The van der Waals surface area contributed by atoms with Crippen molar-refractivity contribution in [2.24, 2.45) is 0 Å². The summed E-state index contributed by atoms with van der Waals surface area (Å²) in [5.74, 6) is -0.671. The number of aromatic nitrogens is 1. The third kappa shape index (κ3) is 4.88. The average molecular weight is 305 g/mol. The lowest BCUT2D eigenvalue weighted by molar-refractivity contribution is -0.137. The van der Waals surface area contributed by atoms with Crippen LogP contribution in [0.25, 0.3) is 10.9 Å². The predicted molar refractivity (Wildman–Crippen MR) is 90.3 cm³/mol.